The van der Waals surface area contributed by atoms with Crippen LogP contribution in [0.1, 0.15) is 5.56 Å². The second-order valence-corrected chi connectivity index (χ2v) is 6.95. The predicted molar refractivity (Wildman–Crippen MR) is 112 cm³/mol. The Bertz CT molecular complexity index is 1130. The first-order valence-corrected chi connectivity index (χ1v) is 9.37. The molecule has 0 N–H and O–H groups in total. The van der Waals surface area contributed by atoms with Crippen LogP contribution in [0.5, 0.6) is 11.6 Å². The molecule has 1 aromatic heterocycles. The number of methoxy groups -OCH3 is 1. The number of para-hydroxylation sites is 1. The fraction of sp³-hybridized carbons (Fsp3) is 0.0909. The van der Waals surface area contributed by atoms with Gasteiger partial charge in [0.05, 0.1) is 28.1 Å². The van der Waals surface area contributed by atoms with Crippen LogP contribution in [-0.2, 0) is 6.61 Å². The summed E-state index contributed by atoms with van der Waals surface area (Å²) in [5, 5.41) is 1.79. The van der Waals surface area contributed by atoms with Crippen molar-refractivity contribution < 1.29 is 9.47 Å². The van der Waals surface area contributed by atoms with Gasteiger partial charge in [0.1, 0.15) is 12.4 Å². The molecule has 3 aromatic carbocycles. The lowest BCUT2D eigenvalue weighted by molar-refractivity contribution is 0.298. The average molecular weight is 411 g/mol. The molecule has 0 bridgehead atoms. The molecule has 0 radical (unpaired) electrons. The zero-order valence-corrected chi connectivity index (χ0v) is 16.5. The van der Waals surface area contributed by atoms with E-state index in [1.165, 1.54) is 0 Å². The first kappa shape index (κ1) is 18.5. The third-order valence-corrected chi connectivity index (χ3v) is 5.02. The van der Waals surface area contributed by atoms with Crippen LogP contribution in [0.2, 0.25) is 10.0 Å². The van der Waals surface area contributed by atoms with Crippen LogP contribution in [0.3, 0.4) is 0 Å². The molecule has 4 nitrogen and oxygen atoms in total. The Morgan fingerprint density at radius 2 is 1.64 bits per heavy atom. The second-order valence-electron chi connectivity index (χ2n) is 6.14. The van der Waals surface area contributed by atoms with Gasteiger partial charge in [0.25, 0.3) is 0 Å². The van der Waals surface area contributed by atoms with Gasteiger partial charge in [0.15, 0.2) is 5.82 Å². The summed E-state index contributed by atoms with van der Waals surface area (Å²) in [4.78, 5) is 9.28. The molecular formula is C22H16Cl2N2O2. The Morgan fingerprint density at radius 3 is 2.39 bits per heavy atom. The Kier molecular flexibility index (Phi) is 5.33. The molecule has 0 amide bonds. The molecule has 0 saturated heterocycles. The summed E-state index contributed by atoms with van der Waals surface area (Å²) in [5.41, 5.74) is 2.58. The molecule has 4 rings (SSSR count). The highest BCUT2D eigenvalue weighted by Crippen LogP contribution is 2.30. The summed E-state index contributed by atoms with van der Waals surface area (Å²) in [5.74, 6) is 1.85. The van der Waals surface area contributed by atoms with E-state index in [0.717, 1.165) is 27.8 Å². The molecular weight excluding hydrogens is 395 g/mol. The first-order valence-electron chi connectivity index (χ1n) is 8.62. The van der Waals surface area contributed by atoms with Crippen molar-refractivity contribution in [2.45, 2.75) is 6.61 Å². The Labute approximate surface area is 172 Å². The average Bonchev–Trinajstić information content (AvgIpc) is 2.74. The predicted octanol–water partition coefficient (Wildman–Crippen LogP) is 6.19. The molecule has 0 fully saturated rings. The van der Waals surface area contributed by atoms with Crippen LogP contribution in [-0.4, -0.2) is 17.1 Å². The Morgan fingerprint density at radius 1 is 0.857 bits per heavy atom. The molecule has 0 saturated carbocycles. The zero-order valence-electron chi connectivity index (χ0n) is 15.0. The van der Waals surface area contributed by atoms with Gasteiger partial charge in [-0.25, -0.2) is 4.98 Å². The molecule has 1 heterocycles. The van der Waals surface area contributed by atoms with Crippen LogP contribution in [0.15, 0.2) is 66.7 Å². The maximum atomic E-state index is 6.16. The third-order valence-electron chi connectivity index (χ3n) is 4.28. The quantitative estimate of drug-likeness (QED) is 0.393. The van der Waals surface area contributed by atoms with Gasteiger partial charge in [0.2, 0.25) is 5.88 Å². The van der Waals surface area contributed by atoms with Gasteiger partial charge in [-0.05, 0) is 48.0 Å². The molecule has 0 aliphatic carbocycles. The van der Waals surface area contributed by atoms with E-state index in [0.29, 0.717) is 28.4 Å². The van der Waals surface area contributed by atoms with E-state index in [1.807, 2.05) is 54.6 Å². The molecule has 0 aliphatic heterocycles. The number of halogens is 2. The normalized spacial score (nSPS) is 10.8. The highest BCUT2D eigenvalue weighted by molar-refractivity contribution is 6.42. The van der Waals surface area contributed by atoms with Crippen molar-refractivity contribution in [3.05, 3.63) is 82.3 Å². The fourth-order valence-electron chi connectivity index (χ4n) is 2.80. The van der Waals surface area contributed by atoms with Crippen molar-refractivity contribution in [1.82, 2.24) is 9.97 Å². The molecule has 28 heavy (non-hydrogen) atoms. The number of ether oxygens (including phenoxy) is 2. The number of benzene rings is 3. The lowest BCUT2D eigenvalue weighted by atomic mass is 10.2. The lowest BCUT2D eigenvalue weighted by Crippen LogP contribution is -2.01. The number of hydrogen-bond acceptors (Lipinski definition) is 4. The van der Waals surface area contributed by atoms with Crippen LogP contribution >= 0.6 is 23.2 Å². The van der Waals surface area contributed by atoms with E-state index in [4.69, 9.17) is 32.7 Å². The second kappa shape index (κ2) is 8.05. The number of nitrogens with zero attached hydrogens (tertiary/aromatic N) is 2. The lowest BCUT2D eigenvalue weighted by Gasteiger charge is -2.11. The standard InChI is InChI=1S/C22H16Cl2N2O2/c1-27-16-9-6-14(7-10-16)13-28-22-17-4-2-3-5-20(17)25-21(26-22)15-8-11-18(23)19(24)12-15/h2-12H,13H2,1H3. The Balaban J connectivity index is 1.70. The third kappa shape index (κ3) is 3.88. The minimum atomic E-state index is 0.381. The number of aromatic nitrogens is 2. The van der Waals surface area contributed by atoms with Crippen LogP contribution in [0.25, 0.3) is 22.3 Å². The smallest absolute Gasteiger partial charge is 0.225 e. The summed E-state index contributed by atoms with van der Waals surface area (Å²) in [6, 6.07) is 20.8. The molecule has 140 valence electrons. The summed E-state index contributed by atoms with van der Waals surface area (Å²) in [6.07, 6.45) is 0. The van der Waals surface area contributed by atoms with Crippen molar-refractivity contribution in [3.8, 4) is 23.0 Å². The van der Waals surface area contributed by atoms with Crippen molar-refractivity contribution in [3.63, 3.8) is 0 Å². The summed E-state index contributed by atoms with van der Waals surface area (Å²) in [6.45, 7) is 0.381. The van der Waals surface area contributed by atoms with E-state index in [9.17, 15) is 0 Å². The highest BCUT2D eigenvalue weighted by atomic mass is 35.5. The molecule has 0 unspecified atom stereocenters. The summed E-state index contributed by atoms with van der Waals surface area (Å²) in [7, 11) is 1.64. The Hall–Kier alpha value is -2.82. The van der Waals surface area contributed by atoms with Crippen molar-refractivity contribution in [1.29, 1.82) is 0 Å². The van der Waals surface area contributed by atoms with Gasteiger partial charge < -0.3 is 9.47 Å². The zero-order chi connectivity index (χ0) is 19.5. The number of rotatable bonds is 5. The maximum absolute atomic E-state index is 6.16. The van der Waals surface area contributed by atoms with Crippen LogP contribution in [0, 0.1) is 0 Å². The van der Waals surface area contributed by atoms with Crippen molar-refractivity contribution >= 4 is 34.1 Å². The van der Waals surface area contributed by atoms with E-state index >= 15 is 0 Å². The molecule has 4 aromatic rings. The topological polar surface area (TPSA) is 44.2 Å². The molecule has 0 atom stereocenters. The maximum Gasteiger partial charge on any atom is 0.225 e. The SMILES string of the molecule is COc1ccc(COc2nc(-c3ccc(Cl)c(Cl)c3)nc3ccccc23)cc1. The van der Waals surface area contributed by atoms with Gasteiger partial charge in [0, 0.05) is 5.56 Å². The van der Waals surface area contributed by atoms with Gasteiger partial charge in [-0.15, -0.1) is 0 Å². The van der Waals surface area contributed by atoms with E-state index in [2.05, 4.69) is 9.97 Å². The summed E-state index contributed by atoms with van der Waals surface area (Å²) >= 11 is 12.2. The first-order chi connectivity index (χ1) is 13.6. The van der Waals surface area contributed by atoms with Gasteiger partial charge >= 0.3 is 0 Å². The van der Waals surface area contributed by atoms with Gasteiger partial charge in [-0.1, -0.05) is 47.5 Å². The van der Waals surface area contributed by atoms with Crippen LogP contribution < -0.4 is 9.47 Å². The molecule has 0 aliphatic rings. The van der Waals surface area contributed by atoms with E-state index in [-0.39, 0.29) is 0 Å². The molecule has 6 heteroatoms. The van der Waals surface area contributed by atoms with Crippen LogP contribution in [0.4, 0.5) is 0 Å². The minimum absolute atomic E-state index is 0.381. The van der Waals surface area contributed by atoms with Gasteiger partial charge in [-0.3, -0.25) is 0 Å². The van der Waals surface area contributed by atoms with Crippen molar-refractivity contribution in [2.24, 2.45) is 0 Å². The fourth-order valence-corrected chi connectivity index (χ4v) is 3.09. The number of fused-ring (bicyclic) bond motifs is 1. The van der Waals surface area contributed by atoms with E-state index < -0.39 is 0 Å². The largest absolute Gasteiger partial charge is 0.497 e. The van der Waals surface area contributed by atoms with Gasteiger partial charge in [-0.2, -0.15) is 4.98 Å². The highest BCUT2D eigenvalue weighted by Gasteiger charge is 2.12. The van der Waals surface area contributed by atoms with E-state index in [1.54, 1.807) is 19.2 Å². The monoisotopic (exact) mass is 410 g/mol. The molecule has 0 spiro atoms. The van der Waals surface area contributed by atoms with Crippen molar-refractivity contribution in [2.75, 3.05) is 7.11 Å². The summed E-state index contributed by atoms with van der Waals surface area (Å²) < 4.78 is 11.2. The number of hydrogen-bond donors (Lipinski definition) is 0. The minimum Gasteiger partial charge on any atom is -0.497 e.